The Labute approximate surface area is 226 Å². The van der Waals surface area contributed by atoms with Crippen molar-refractivity contribution in [2.24, 2.45) is 5.41 Å². The van der Waals surface area contributed by atoms with Gasteiger partial charge in [0.05, 0.1) is 12.0 Å². The van der Waals surface area contributed by atoms with E-state index in [1.807, 2.05) is 54.6 Å². The summed E-state index contributed by atoms with van der Waals surface area (Å²) in [5.74, 6) is 0.440. The van der Waals surface area contributed by atoms with Crippen LogP contribution in [-0.2, 0) is 4.79 Å². The van der Waals surface area contributed by atoms with Gasteiger partial charge in [0.1, 0.15) is 5.75 Å². The fourth-order valence-electron chi connectivity index (χ4n) is 5.11. The first-order valence-corrected chi connectivity index (χ1v) is 12.7. The molecule has 0 saturated heterocycles. The average molecular weight is 527 g/mol. The molecule has 1 unspecified atom stereocenters. The molecule has 0 fully saturated rings. The number of nitrogens with one attached hydrogen (secondary N) is 1. The highest BCUT2D eigenvalue weighted by atomic mass is 35.5. The normalized spacial score (nSPS) is 19.5. The maximum Gasteiger partial charge on any atom is 0.269 e. The average Bonchev–Trinajstić information content (AvgIpc) is 2.91. The zero-order valence-corrected chi connectivity index (χ0v) is 22.1. The van der Waals surface area contributed by atoms with E-state index in [0.29, 0.717) is 22.6 Å². The second kappa shape index (κ2) is 9.95. The number of ether oxygens (including phenoxy) is 1. The van der Waals surface area contributed by atoms with Crippen LogP contribution >= 0.6 is 11.6 Å². The minimum Gasteiger partial charge on any atom is -0.497 e. The molecule has 3 aromatic rings. The highest BCUT2D eigenvalue weighted by Crippen LogP contribution is 2.48. The number of rotatable bonds is 5. The fraction of sp³-hybridized carbons (Fsp3) is 0.194. The number of benzene rings is 3. The van der Waals surface area contributed by atoms with Crippen molar-refractivity contribution in [3.63, 3.8) is 0 Å². The van der Waals surface area contributed by atoms with E-state index in [1.165, 1.54) is 12.1 Å². The van der Waals surface area contributed by atoms with Crippen LogP contribution in [0.3, 0.4) is 0 Å². The van der Waals surface area contributed by atoms with Gasteiger partial charge in [0.25, 0.3) is 5.69 Å². The second-order valence-corrected chi connectivity index (χ2v) is 10.6. The lowest BCUT2D eigenvalue weighted by atomic mass is 9.67. The van der Waals surface area contributed by atoms with Crippen molar-refractivity contribution in [2.75, 3.05) is 7.11 Å². The monoisotopic (exact) mass is 526 g/mol. The van der Waals surface area contributed by atoms with Crippen LogP contribution in [0.5, 0.6) is 5.75 Å². The first-order chi connectivity index (χ1) is 18.2. The molecule has 0 bridgehead atoms. The summed E-state index contributed by atoms with van der Waals surface area (Å²) in [6, 6.07) is 21.7. The molecule has 1 N–H and O–H groups in total. The number of hydrogen-bond acceptors (Lipinski definition) is 5. The molecule has 1 aliphatic heterocycles. The standard InChI is InChI=1S/C31H27ClN2O4/c1-31(2)18-28-29(30(35)26(31)16-19-4-12-23(13-5-19)34(36)37)25(20-8-14-24(38-3)15-9-20)17-27(33-28)21-6-10-22(32)11-7-21/h4-17,25,33H,18H2,1-3H3/b26-16+. The van der Waals surface area contributed by atoms with Crippen LogP contribution in [0, 0.1) is 15.5 Å². The van der Waals surface area contributed by atoms with Crippen molar-refractivity contribution in [2.45, 2.75) is 26.2 Å². The molecule has 192 valence electrons. The Kier molecular flexibility index (Phi) is 6.67. The summed E-state index contributed by atoms with van der Waals surface area (Å²) in [5, 5.41) is 15.3. The summed E-state index contributed by atoms with van der Waals surface area (Å²) in [5.41, 5.74) is 5.47. The minimum atomic E-state index is -0.461. The lowest BCUT2D eigenvalue weighted by Crippen LogP contribution is -2.37. The molecule has 6 nitrogen and oxygen atoms in total. The summed E-state index contributed by atoms with van der Waals surface area (Å²) < 4.78 is 5.35. The van der Waals surface area contributed by atoms with Gasteiger partial charge in [-0.25, -0.2) is 0 Å². The minimum absolute atomic E-state index is 0.0160. The molecular weight excluding hydrogens is 500 g/mol. The number of halogens is 1. The smallest absolute Gasteiger partial charge is 0.269 e. The molecule has 38 heavy (non-hydrogen) atoms. The lowest BCUT2D eigenvalue weighted by Gasteiger charge is -2.40. The van der Waals surface area contributed by atoms with Gasteiger partial charge in [-0.3, -0.25) is 14.9 Å². The molecular formula is C31H27ClN2O4. The quantitative estimate of drug-likeness (QED) is 0.214. The van der Waals surface area contributed by atoms with Gasteiger partial charge in [0.2, 0.25) is 0 Å². The van der Waals surface area contributed by atoms with Crippen molar-refractivity contribution >= 4 is 34.8 Å². The van der Waals surface area contributed by atoms with Gasteiger partial charge in [0, 0.05) is 45.6 Å². The first kappa shape index (κ1) is 25.5. The van der Waals surface area contributed by atoms with Crippen LogP contribution in [0.4, 0.5) is 5.69 Å². The van der Waals surface area contributed by atoms with E-state index >= 15 is 0 Å². The molecule has 0 amide bonds. The third kappa shape index (κ3) is 4.87. The predicted octanol–water partition coefficient (Wildman–Crippen LogP) is 7.32. The van der Waals surface area contributed by atoms with E-state index < -0.39 is 10.3 Å². The lowest BCUT2D eigenvalue weighted by molar-refractivity contribution is -0.384. The van der Waals surface area contributed by atoms with Crippen molar-refractivity contribution < 1.29 is 14.5 Å². The highest BCUT2D eigenvalue weighted by molar-refractivity contribution is 6.30. The Bertz CT molecular complexity index is 1500. The first-order valence-electron chi connectivity index (χ1n) is 12.3. The maximum absolute atomic E-state index is 14.2. The van der Waals surface area contributed by atoms with Crippen LogP contribution in [0.1, 0.15) is 42.9 Å². The number of non-ortho nitro benzene ring substituents is 1. The number of nitro groups is 1. The third-order valence-electron chi connectivity index (χ3n) is 7.14. The highest BCUT2D eigenvalue weighted by Gasteiger charge is 2.42. The predicted molar refractivity (Wildman–Crippen MR) is 150 cm³/mol. The number of carbonyl (C=O) groups is 1. The molecule has 5 rings (SSSR count). The number of hydrogen-bond donors (Lipinski definition) is 1. The van der Waals surface area contributed by atoms with Gasteiger partial charge < -0.3 is 10.1 Å². The number of Topliss-reactive ketones (excluding diaryl/α,β-unsaturated/α-hetero) is 1. The van der Waals surface area contributed by atoms with Crippen molar-refractivity contribution in [1.29, 1.82) is 0 Å². The zero-order valence-electron chi connectivity index (χ0n) is 21.3. The fourth-order valence-corrected chi connectivity index (χ4v) is 5.23. The van der Waals surface area contributed by atoms with Gasteiger partial charge in [-0.15, -0.1) is 0 Å². The topological polar surface area (TPSA) is 81.5 Å². The van der Waals surface area contributed by atoms with Crippen LogP contribution in [0.25, 0.3) is 11.8 Å². The number of ketones is 1. The Balaban J connectivity index is 1.60. The van der Waals surface area contributed by atoms with Crippen molar-refractivity contribution in [3.05, 3.63) is 128 Å². The number of carbonyl (C=O) groups excluding carboxylic acids is 1. The Morgan fingerprint density at radius 2 is 1.68 bits per heavy atom. The number of allylic oxidation sites excluding steroid dienone is 4. The van der Waals surface area contributed by atoms with Gasteiger partial charge >= 0.3 is 0 Å². The number of methoxy groups -OCH3 is 1. The zero-order chi connectivity index (χ0) is 27.0. The molecule has 0 radical (unpaired) electrons. The maximum atomic E-state index is 14.2. The molecule has 7 heteroatoms. The van der Waals surface area contributed by atoms with Crippen LogP contribution in [0.2, 0.25) is 5.02 Å². The molecule has 0 saturated carbocycles. The number of nitro benzene ring substituents is 1. The van der Waals surface area contributed by atoms with E-state index in [2.05, 4.69) is 25.2 Å². The number of nitrogens with zero attached hydrogens (tertiary/aromatic N) is 1. The molecule has 0 spiro atoms. The van der Waals surface area contributed by atoms with Gasteiger partial charge in [0.15, 0.2) is 5.78 Å². The summed E-state index contributed by atoms with van der Waals surface area (Å²) >= 11 is 6.13. The summed E-state index contributed by atoms with van der Waals surface area (Å²) in [7, 11) is 1.63. The molecule has 2 aliphatic rings. The van der Waals surface area contributed by atoms with Crippen molar-refractivity contribution in [1.82, 2.24) is 5.32 Å². The molecule has 1 aliphatic carbocycles. The molecule has 3 aromatic carbocycles. The summed E-state index contributed by atoms with van der Waals surface area (Å²) in [4.78, 5) is 24.8. The molecule has 1 atom stereocenters. The largest absolute Gasteiger partial charge is 0.497 e. The Morgan fingerprint density at radius 3 is 2.29 bits per heavy atom. The van der Waals surface area contributed by atoms with Gasteiger partial charge in [-0.1, -0.05) is 49.7 Å². The Morgan fingerprint density at radius 1 is 1.03 bits per heavy atom. The van der Waals surface area contributed by atoms with E-state index in [-0.39, 0.29) is 17.4 Å². The summed E-state index contributed by atoms with van der Waals surface area (Å²) in [6.45, 7) is 4.10. The van der Waals surface area contributed by atoms with E-state index in [9.17, 15) is 14.9 Å². The Hall–Kier alpha value is -4.16. The SMILES string of the molecule is COc1ccc(C2C=C(c3ccc(Cl)cc3)NC3=C2C(=O)/C(=C\c2ccc([N+](=O)[O-])cc2)C(C)(C)C3)cc1. The molecule has 1 heterocycles. The number of dihydropyridines is 1. The third-order valence-corrected chi connectivity index (χ3v) is 7.39. The van der Waals surface area contributed by atoms with E-state index in [1.54, 1.807) is 19.2 Å². The van der Waals surface area contributed by atoms with Gasteiger partial charge in [-0.05, 0) is 77.1 Å². The second-order valence-electron chi connectivity index (χ2n) is 10.2. The van der Waals surface area contributed by atoms with E-state index in [4.69, 9.17) is 16.3 Å². The van der Waals surface area contributed by atoms with Crippen molar-refractivity contribution in [3.8, 4) is 5.75 Å². The van der Waals surface area contributed by atoms with Crippen LogP contribution in [0.15, 0.2) is 95.7 Å². The van der Waals surface area contributed by atoms with Gasteiger partial charge in [-0.2, -0.15) is 0 Å². The van der Waals surface area contributed by atoms with Crippen LogP contribution < -0.4 is 10.1 Å². The molecule has 0 aromatic heterocycles. The van der Waals surface area contributed by atoms with Crippen LogP contribution in [-0.4, -0.2) is 17.8 Å². The van der Waals surface area contributed by atoms with E-state index in [0.717, 1.165) is 33.8 Å². The summed E-state index contributed by atoms with van der Waals surface area (Å²) in [6.07, 6.45) is 4.58.